The van der Waals surface area contributed by atoms with Crippen molar-refractivity contribution in [3.05, 3.63) is 0 Å². The molecule has 2 fully saturated rings. The van der Waals surface area contributed by atoms with Crippen molar-refractivity contribution in [2.24, 2.45) is 5.92 Å². The molecule has 4 nitrogen and oxygen atoms in total. The van der Waals surface area contributed by atoms with Crippen LogP contribution in [0.25, 0.3) is 0 Å². The number of nitrogens with zero attached hydrogens (tertiary/aromatic N) is 1. The minimum absolute atomic E-state index is 0.0887. The quantitative estimate of drug-likeness (QED) is 0.761. The van der Waals surface area contributed by atoms with Crippen LogP contribution in [0.5, 0.6) is 0 Å². The van der Waals surface area contributed by atoms with Crippen LogP contribution in [0.2, 0.25) is 0 Å². The largest absolute Gasteiger partial charge is 0.372 e. The fourth-order valence-electron chi connectivity index (χ4n) is 2.95. The van der Waals surface area contributed by atoms with Crippen LogP contribution in [0, 0.1) is 5.92 Å². The van der Waals surface area contributed by atoms with Crippen LogP contribution >= 0.6 is 0 Å². The Labute approximate surface area is 104 Å². The zero-order valence-corrected chi connectivity index (χ0v) is 11.1. The first-order valence-corrected chi connectivity index (χ1v) is 6.77. The zero-order valence-electron chi connectivity index (χ0n) is 11.1. The molecule has 4 heteroatoms. The average molecular weight is 240 g/mol. The predicted molar refractivity (Wildman–Crippen MR) is 66.9 cm³/mol. The highest BCUT2D eigenvalue weighted by molar-refractivity contribution is 5.74. The first kappa shape index (κ1) is 12.7. The van der Waals surface area contributed by atoms with Gasteiger partial charge in [-0.1, -0.05) is 13.3 Å². The van der Waals surface area contributed by atoms with E-state index in [1.165, 1.54) is 12.8 Å². The second-order valence-corrected chi connectivity index (χ2v) is 5.63. The highest BCUT2D eigenvalue weighted by Crippen LogP contribution is 2.25. The summed E-state index contributed by atoms with van der Waals surface area (Å²) in [6.07, 6.45) is 3.89. The Bertz CT molecular complexity index is 273. The van der Waals surface area contributed by atoms with Crippen molar-refractivity contribution in [1.29, 1.82) is 0 Å². The van der Waals surface area contributed by atoms with E-state index in [0.29, 0.717) is 25.0 Å². The van der Waals surface area contributed by atoms with Gasteiger partial charge in [0.15, 0.2) is 0 Å². The molecule has 0 aromatic carbocycles. The lowest BCUT2D eigenvalue weighted by Crippen LogP contribution is -2.53. The highest BCUT2D eigenvalue weighted by atomic mass is 16.5. The maximum atomic E-state index is 12.2. The van der Waals surface area contributed by atoms with E-state index in [1.54, 1.807) is 0 Å². The molecule has 0 aromatic rings. The first-order chi connectivity index (χ1) is 8.06. The van der Waals surface area contributed by atoms with Gasteiger partial charge in [0.2, 0.25) is 0 Å². The van der Waals surface area contributed by atoms with E-state index in [2.05, 4.69) is 12.2 Å². The van der Waals surface area contributed by atoms with Crippen LogP contribution in [0.1, 0.15) is 40.0 Å². The third kappa shape index (κ3) is 3.12. The van der Waals surface area contributed by atoms with Crippen LogP contribution in [0.3, 0.4) is 0 Å². The molecule has 1 saturated carbocycles. The first-order valence-electron chi connectivity index (χ1n) is 6.77. The van der Waals surface area contributed by atoms with Gasteiger partial charge < -0.3 is 15.0 Å². The number of hydrogen-bond acceptors (Lipinski definition) is 2. The molecule has 0 aromatic heterocycles. The third-order valence-electron chi connectivity index (χ3n) is 3.88. The summed E-state index contributed by atoms with van der Waals surface area (Å²) in [5.74, 6) is 0.620. The van der Waals surface area contributed by atoms with E-state index in [4.69, 9.17) is 4.74 Å². The Balaban J connectivity index is 1.86. The minimum atomic E-state index is 0.0887. The van der Waals surface area contributed by atoms with Gasteiger partial charge in [0, 0.05) is 19.1 Å². The molecule has 0 bridgehead atoms. The third-order valence-corrected chi connectivity index (χ3v) is 3.88. The molecule has 2 amide bonds. The van der Waals surface area contributed by atoms with Crippen LogP contribution < -0.4 is 5.32 Å². The number of carbonyl (C=O) groups is 1. The molecule has 98 valence electrons. The molecule has 0 spiro atoms. The van der Waals surface area contributed by atoms with Crippen molar-refractivity contribution in [2.75, 3.05) is 13.1 Å². The fourth-order valence-corrected chi connectivity index (χ4v) is 2.95. The number of rotatable bonds is 1. The fraction of sp³-hybridized carbons (Fsp3) is 0.923. The van der Waals surface area contributed by atoms with Crippen molar-refractivity contribution >= 4 is 6.03 Å². The summed E-state index contributed by atoms with van der Waals surface area (Å²) in [6.45, 7) is 7.68. The molecule has 4 atom stereocenters. The minimum Gasteiger partial charge on any atom is -0.372 e. The summed E-state index contributed by atoms with van der Waals surface area (Å²) in [4.78, 5) is 14.0. The molecule has 1 aliphatic heterocycles. The highest BCUT2D eigenvalue weighted by Gasteiger charge is 2.30. The van der Waals surface area contributed by atoms with Gasteiger partial charge in [0.25, 0.3) is 0 Å². The summed E-state index contributed by atoms with van der Waals surface area (Å²) in [5.41, 5.74) is 0. The monoisotopic (exact) mass is 240 g/mol. The van der Waals surface area contributed by atoms with E-state index >= 15 is 0 Å². The van der Waals surface area contributed by atoms with Gasteiger partial charge in [-0.25, -0.2) is 4.79 Å². The van der Waals surface area contributed by atoms with Crippen LogP contribution in [0.4, 0.5) is 4.79 Å². The lowest BCUT2D eigenvalue weighted by molar-refractivity contribution is -0.0548. The molecule has 0 radical (unpaired) electrons. The van der Waals surface area contributed by atoms with Gasteiger partial charge in [-0.05, 0) is 32.6 Å². The summed E-state index contributed by atoms with van der Waals surface area (Å²) >= 11 is 0. The summed E-state index contributed by atoms with van der Waals surface area (Å²) in [5, 5.41) is 3.17. The standard InChI is InChI=1S/C13H24N2O2/c1-9-5-4-6-12(9)14-13(16)15-7-10(2)17-11(3)8-15/h9-12H,4-8H2,1-3H3,(H,14,16). The average Bonchev–Trinajstić information content (AvgIpc) is 2.63. The Morgan fingerprint density at radius 1 is 1.18 bits per heavy atom. The molecule has 4 unspecified atom stereocenters. The van der Waals surface area contributed by atoms with Gasteiger partial charge in [0.05, 0.1) is 12.2 Å². The van der Waals surface area contributed by atoms with Crippen molar-refractivity contribution in [3.8, 4) is 0 Å². The molecular formula is C13H24N2O2. The molecule has 2 aliphatic rings. The second-order valence-electron chi connectivity index (χ2n) is 5.63. The Morgan fingerprint density at radius 2 is 1.82 bits per heavy atom. The summed E-state index contributed by atoms with van der Waals surface area (Å²) in [6, 6.07) is 0.460. The zero-order chi connectivity index (χ0) is 12.4. The predicted octanol–water partition coefficient (Wildman–Crippen LogP) is 1.99. The molecule has 1 heterocycles. The topological polar surface area (TPSA) is 41.6 Å². The number of nitrogens with one attached hydrogen (secondary N) is 1. The lowest BCUT2D eigenvalue weighted by Gasteiger charge is -2.36. The number of hydrogen-bond donors (Lipinski definition) is 1. The Hall–Kier alpha value is -0.770. The molecule has 2 rings (SSSR count). The summed E-state index contributed by atoms with van der Waals surface area (Å²) < 4.78 is 5.64. The van der Waals surface area contributed by atoms with E-state index in [1.807, 2.05) is 18.7 Å². The number of ether oxygens (including phenoxy) is 1. The molecule has 17 heavy (non-hydrogen) atoms. The van der Waals surface area contributed by atoms with Gasteiger partial charge in [-0.3, -0.25) is 0 Å². The van der Waals surface area contributed by atoms with Gasteiger partial charge >= 0.3 is 6.03 Å². The SMILES string of the molecule is CC1CN(C(=O)NC2CCCC2C)CC(C)O1. The van der Waals surface area contributed by atoms with E-state index < -0.39 is 0 Å². The second kappa shape index (κ2) is 5.25. The normalized spacial score (nSPS) is 38.2. The van der Waals surface area contributed by atoms with Crippen molar-refractivity contribution in [1.82, 2.24) is 10.2 Å². The van der Waals surface area contributed by atoms with Crippen LogP contribution in [0.15, 0.2) is 0 Å². The summed E-state index contributed by atoms with van der Waals surface area (Å²) in [7, 11) is 0. The van der Waals surface area contributed by atoms with E-state index in [-0.39, 0.29) is 18.2 Å². The van der Waals surface area contributed by atoms with Gasteiger partial charge in [-0.2, -0.15) is 0 Å². The Morgan fingerprint density at radius 3 is 2.35 bits per heavy atom. The van der Waals surface area contributed by atoms with Crippen molar-refractivity contribution in [2.45, 2.75) is 58.3 Å². The van der Waals surface area contributed by atoms with E-state index in [9.17, 15) is 4.79 Å². The molecule has 1 saturated heterocycles. The van der Waals surface area contributed by atoms with Crippen molar-refractivity contribution < 1.29 is 9.53 Å². The van der Waals surface area contributed by atoms with Crippen molar-refractivity contribution in [3.63, 3.8) is 0 Å². The number of urea groups is 1. The molecule has 1 aliphatic carbocycles. The van der Waals surface area contributed by atoms with Crippen LogP contribution in [-0.2, 0) is 4.74 Å². The lowest BCUT2D eigenvalue weighted by atomic mass is 10.1. The smallest absolute Gasteiger partial charge is 0.317 e. The maximum Gasteiger partial charge on any atom is 0.317 e. The Kier molecular flexibility index (Phi) is 3.92. The van der Waals surface area contributed by atoms with Gasteiger partial charge in [-0.15, -0.1) is 0 Å². The van der Waals surface area contributed by atoms with E-state index in [0.717, 1.165) is 6.42 Å². The van der Waals surface area contributed by atoms with Crippen LogP contribution in [-0.4, -0.2) is 42.3 Å². The maximum absolute atomic E-state index is 12.2. The molecule has 1 N–H and O–H groups in total. The number of morpholine rings is 1. The molecular weight excluding hydrogens is 216 g/mol. The number of carbonyl (C=O) groups excluding carboxylic acids is 1. The van der Waals surface area contributed by atoms with Gasteiger partial charge in [0.1, 0.15) is 0 Å². The number of amides is 2.